The summed E-state index contributed by atoms with van der Waals surface area (Å²) < 4.78 is 28.7. The topological polar surface area (TPSA) is 81.0 Å². The SMILES string of the molecule is Cc1nc(Cl)sc1S(=O)(=O)N1CCn2cnnc2C1. The van der Waals surface area contributed by atoms with Gasteiger partial charge in [0.15, 0.2) is 8.68 Å². The summed E-state index contributed by atoms with van der Waals surface area (Å²) in [5, 5.41) is 7.69. The second-order valence-electron chi connectivity index (χ2n) is 4.12. The van der Waals surface area contributed by atoms with Gasteiger partial charge in [-0.1, -0.05) is 22.9 Å². The molecule has 0 saturated heterocycles. The van der Waals surface area contributed by atoms with E-state index in [2.05, 4.69) is 15.2 Å². The molecule has 0 spiro atoms. The number of hydrogen-bond acceptors (Lipinski definition) is 6. The van der Waals surface area contributed by atoms with Gasteiger partial charge >= 0.3 is 0 Å². The molecule has 7 nitrogen and oxygen atoms in total. The molecular weight excluding hydrogens is 310 g/mol. The first-order valence-corrected chi connectivity index (χ1v) is 8.11. The summed E-state index contributed by atoms with van der Waals surface area (Å²) in [4.78, 5) is 3.95. The van der Waals surface area contributed by atoms with Crippen LogP contribution in [-0.2, 0) is 23.1 Å². The number of hydrogen-bond donors (Lipinski definition) is 0. The number of nitrogens with zero attached hydrogens (tertiary/aromatic N) is 5. The molecule has 0 amide bonds. The maximum atomic E-state index is 12.5. The summed E-state index contributed by atoms with van der Waals surface area (Å²) >= 11 is 6.75. The van der Waals surface area contributed by atoms with Crippen molar-refractivity contribution in [1.29, 1.82) is 0 Å². The molecule has 0 fully saturated rings. The Morgan fingerprint density at radius 1 is 1.42 bits per heavy atom. The average molecular weight is 320 g/mol. The Kier molecular flexibility index (Phi) is 3.08. The van der Waals surface area contributed by atoms with Crippen molar-refractivity contribution in [2.24, 2.45) is 0 Å². The van der Waals surface area contributed by atoms with Crippen LogP contribution < -0.4 is 0 Å². The minimum Gasteiger partial charge on any atom is -0.315 e. The van der Waals surface area contributed by atoms with E-state index in [0.717, 1.165) is 11.3 Å². The van der Waals surface area contributed by atoms with Gasteiger partial charge in [0.05, 0.1) is 12.2 Å². The highest BCUT2D eigenvalue weighted by molar-refractivity contribution is 7.91. The summed E-state index contributed by atoms with van der Waals surface area (Å²) in [6, 6.07) is 0. The molecule has 0 N–H and O–H groups in total. The van der Waals surface area contributed by atoms with Gasteiger partial charge < -0.3 is 4.57 Å². The molecule has 1 aliphatic rings. The highest BCUT2D eigenvalue weighted by Gasteiger charge is 2.32. The van der Waals surface area contributed by atoms with Crippen LogP contribution in [-0.4, -0.2) is 39.0 Å². The summed E-state index contributed by atoms with van der Waals surface area (Å²) in [6.07, 6.45) is 1.61. The molecule has 1 aliphatic heterocycles. The van der Waals surface area contributed by atoms with Crippen LogP contribution in [0.15, 0.2) is 10.5 Å². The molecule has 0 unspecified atom stereocenters. The molecule has 10 heteroatoms. The van der Waals surface area contributed by atoms with E-state index in [1.807, 2.05) is 4.57 Å². The number of halogens is 1. The van der Waals surface area contributed by atoms with Crippen LogP contribution in [0.4, 0.5) is 0 Å². The highest BCUT2D eigenvalue weighted by atomic mass is 35.5. The lowest BCUT2D eigenvalue weighted by Crippen LogP contribution is -2.38. The molecule has 0 bridgehead atoms. The number of rotatable bonds is 2. The molecule has 3 heterocycles. The zero-order valence-corrected chi connectivity index (χ0v) is 12.3. The van der Waals surface area contributed by atoms with Crippen molar-refractivity contribution in [3.05, 3.63) is 22.3 Å². The lowest BCUT2D eigenvalue weighted by molar-refractivity contribution is 0.336. The molecule has 2 aromatic rings. The normalized spacial score (nSPS) is 16.5. The molecule has 0 saturated carbocycles. The number of sulfonamides is 1. The van der Waals surface area contributed by atoms with Crippen molar-refractivity contribution in [3.63, 3.8) is 0 Å². The third-order valence-electron chi connectivity index (χ3n) is 2.91. The quantitative estimate of drug-likeness (QED) is 0.821. The molecule has 3 rings (SSSR count). The lowest BCUT2D eigenvalue weighted by Gasteiger charge is -2.25. The zero-order chi connectivity index (χ0) is 13.6. The second-order valence-corrected chi connectivity index (χ2v) is 7.83. The molecule has 0 aromatic carbocycles. The van der Waals surface area contributed by atoms with Gasteiger partial charge in [-0.15, -0.1) is 10.2 Å². The first-order chi connectivity index (χ1) is 8.98. The average Bonchev–Trinajstić information content (AvgIpc) is 2.94. The summed E-state index contributed by atoms with van der Waals surface area (Å²) in [5.74, 6) is 0.642. The predicted molar refractivity (Wildman–Crippen MR) is 69.5 cm³/mol. The van der Waals surface area contributed by atoms with Crippen LogP contribution in [0.1, 0.15) is 11.5 Å². The third-order valence-corrected chi connectivity index (χ3v) is 6.60. The predicted octanol–water partition coefficient (Wildman–Crippen LogP) is 0.901. The van der Waals surface area contributed by atoms with Gasteiger partial charge in [0, 0.05) is 13.1 Å². The Hall–Kier alpha value is -1.03. The summed E-state index contributed by atoms with van der Waals surface area (Å²) in [6.45, 7) is 2.80. The fourth-order valence-corrected chi connectivity index (χ4v) is 5.22. The van der Waals surface area contributed by atoms with E-state index in [-0.39, 0.29) is 15.2 Å². The maximum absolute atomic E-state index is 12.5. The Labute approximate surface area is 118 Å². The molecule has 102 valence electrons. The number of thiazole rings is 1. The van der Waals surface area contributed by atoms with E-state index < -0.39 is 10.0 Å². The summed E-state index contributed by atoms with van der Waals surface area (Å²) in [7, 11) is -3.57. The van der Waals surface area contributed by atoms with Crippen LogP contribution >= 0.6 is 22.9 Å². The first-order valence-electron chi connectivity index (χ1n) is 5.48. The van der Waals surface area contributed by atoms with E-state index in [1.165, 1.54) is 4.31 Å². The van der Waals surface area contributed by atoms with Crippen molar-refractivity contribution in [2.75, 3.05) is 6.54 Å². The van der Waals surface area contributed by atoms with Gasteiger partial charge in [0.25, 0.3) is 10.0 Å². The van der Waals surface area contributed by atoms with Crippen LogP contribution in [0, 0.1) is 6.92 Å². The Morgan fingerprint density at radius 2 is 2.21 bits per heavy atom. The van der Waals surface area contributed by atoms with Crippen molar-refractivity contribution in [2.45, 2.75) is 24.2 Å². The largest absolute Gasteiger partial charge is 0.315 e. The molecular formula is C9H10ClN5O2S2. The van der Waals surface area contributed by atoms with Crippen molar-refractivity contribution < 1.29 is 8.42 Å². The maximum Gasteiger partial charge on any atom is 0.254 e. The Morgan fingerprint density at radius 3 is 2.89 bits per heavy atom. The molecule has 0 aliphatic carbocycles. The van der Waals surface area contributed by atoms with E-state index in [4.69, 9.17) is 11.6 Å². The monoisotopic (exact) mass is 319 g/mol. The fourth-order valence-electron chi connectivity index (χ4n) is 1.96. The van der Waals surface area contributed by atoms with E-state index in [1.54, 1.807) is 13.3 Å². The standard InChI is InChI=1S/C9H10ClN5O2S2/c1-6-8(18-9(10)12-6)19(16,17)15-3-2-14-5-11-13-7(14)4-15/h5H,2-4H2,1H3. The molecule has 0 radical (unpaired) electrons. The lowest BCUT2D eigenvalue weighted by atomic mass is 10.4. The molecule has 2 aromatic heterocycles. The van der Waals surface area contributed by atoms with Crippen LogP contribution in [0.25, 0.3) is 0 Å². The van der Waals surface area contributed by atoms with Gasteiger partial charge in [-0.05, 0) is 6.92 Å². The van der Waals surface area contributed by atoms with Crippen LogP contribution in [0.5, 0.6) is 0 Å². The van der Waals surface area contributed by atoms with Crippen molar-refractivity contribution in [1.82, 2.24) is 24.1 Å². The minimum atomic E-state index is -3.57. The van der Waals surface area contributed by atoms with Gasteiger partial charge in [0.2, 0.25) is 0 Å². The smallest absolute Gasteiger partial charge is 0.254 e. The van der Waals surface area contributed by atoms with Gasteiger partial charge in [-0.2, -0.15) is 4.31 Å². The number of fused-ring (bicyclic) bond motifs is 1. The third kappa shape index (κ3) is 2.16. The van der Waals surface area contributed by atoms with E-state index in [0.29, 0.717) is 24.6 Å². The van der Waals surface area contributed by atoms with E-state index in [9.17, 15) is 8.42 Å². The Balaban J connectivity index is 1.96. The van der Waals surface area contributed by atoms with Gasteiger partial charge in [-0.3, -0.25) is 0 Å². The first kappa shape index (κ1) is 13.0. The van der Waals surface area contributed by atoms with Crippen LogP contribution in [0.3, 0.4) is 0 Å². The highest BCUT2D eigenvalue weighted by Crippen LogP contribution is 2.30. The number of aryl methyl sites for hydroxylation is 1. The van der Waals surface area contributed by atoms with E-state index >= 15 is 0 Å². The fraction of sp³-hybridized carbons (Fsp3) is 0.444. The van der Waals surface area contributed by atoms with Gasteiger partial charge in [-0.25, -0.2) is 13.4 Å². The Bertz CT molecular complexity index is 723. The van der Waals surface area contributed by atoms with Crippen molar-refractivity contribution in [3.8, 4) is 0 Å². The minimum absolute atomic E-state index is 0.200. The molecule has 0 atom stereocenters. The zero-order valence-electron chi connectivity index (χ0n) is 9.95. The summed E-state index contributed by atoms with van der Waals surface area (Å²) in [5.41, 5.74) is 0.432. The van der Waals surface area contributed by atoms with Crippen LogP contribution in [0.2, 0.25) is 4.47 Å². The number of aromatic nitrogens is 4. The van der Waals surface area contributed by atoms with Crippen molar-refractivity contribution >= 4 is 33.0 Å². The second kappa shape index (κ2) is 4.51. The molecule has 19 heavy (non-hydrogen) atoms. The van der Waals surface area contributed by atoms with Gasteiger partial charge in [0.1, 0.15) is 12.2 Å².